The van der Waals surface area contributed by atoms with E-state index in [2.05, 4.69) is 170 Å². The molecule has 2 aliphatic rings. The zero-order valence-corrected chi connectivity index (χ0v) is 26.9. The quantitative estimate of drug-likeness (QED) is 0.184. The van der Waals surface area contributed by atoms with Crippen molar-refractivity contribution in [2.24, 2.45) is 0 Å². The number of benzene rings is 8. The van der Waals surface area contributed by atoms with Crippen molar-refractivity contribution in [2.75, 3.05) is 0 Å². The van der Waals surface area contributed by atoms with Gasteiger partial charge < -0.3 is 4.57 Å². The lowest BCUT2D eigenvalue weighted by atomic mass is 9.82. The summed E-state index contributed by atoms with van der Waals surface area (Å²) in [7, 11) is 0. The molecule has 1 heteroatoms. The molecule has 0 saturated heterocycles. The summed E-state index contributed by atoms with van der Waals surface area (Å²) in [6.07, 6.45) is 0. The van der Waals surface area contributed by atoms with Crippen LogP contribution in [0.1, 0.15) is 25.0 Å². The van der Waals surface area contributed by atoms with Crippen molar-refractivity contribution in [1.29, 1.82) is 0 Å². The van der Waals surface area contributed by atoms with E-state index in [1.807, 2.05) is 0 Å². The first-order valence-corrected chi connectivity index (χ1v) is 16.9. The van der Waals surface area contributed by atoms with Gasteiger partial charge in [-0.2, -0.15) is 0 Å². The molecular weight excluding hydrogens is 579 g/mol. The molecule has 0 bridgehead atoms. The molecule has 0 saturated carbocycles. The summed E-state index contributed by atoms with van der Waals surface area (Å²) in [6.45, 7) is 4.77. The summed E-state index contributed by atoms with van der Waals surface area (Å²) in [5.41, 5.74) is 17.0. The molecule has 0 fully saturated rings. The third kappa shape index (κ3) is 3.26. The first kappa shape index (κ1) is 26.2. The molecule has 1 nitrogen and oxygen atoms in total. The van der Waals surface area contributed by atoms with E-state index in [9.17, 15) is 0 Å². The van der Waals surface area contributed by atoms with Crippen LogP contribution in [-0.4, -0.2) is 4.57 Å². The van der Waals surface area contributed by atoms with E-state index < -0.39 is 0 Å². The first-order valence-electron chi connectivity index (χ1n) is 16.9. The number of aromatic nitrogens is 1. The molecule has 2 aliphatic carbocycles. The Kier molecular flexibility index (Phi) is 4.97. The Labute approximate surface area is 279 Å². The summed E-state index contributed by atoms with van der Waals surface area (Å²) in [4.78, 5) is 0. The highest BCUT2D eigenvalue weighted by molar-refractivity contribution is 6.19. The molecule has 0 radical (unpaired) electrons. The second-order valence-electron chi connectivity index (χ2n) is 14.1. The normalized spacial score (nSPS) is 13.8. The van der Waals surface area contributed by atoms with Crippen molar-refractivity contribution >= 4 is 43.4 Å². The maximum Gasteiger partial charge on any atom is 0.0544 e. The van der Waals surface area contributed by atoms with Crippen LogP contribution in [0, 0.1) is 0 Å². The minimum atomic E-state index is -0.0938. The lowest BCUT2D eigenvalue weighted by molar-refractivity contribution is 0.661. The van der Waals surface area contributed by atoms with Gasteiger partial charge in [0.15, 0.2) is 0 Å². The Bertz CT molecular complexity index is 2820. The first-order chi connectivity index (χ1) is 23.6. The van der Waals surface area contributed by atoms with Crippen molar-refractivity contribution in [3.8, 4) is 50.2 Å². The third-order valence-electron chi connectivity index (χ3n) is 11.3. The maximum absolute atomic E-state index is 2.48. The topological polar surface area (TPSA) is 4.93 Å². The number of hydrogen-bond acceptors (Lipinski definition) is 0. The molecule has 8 aromatic carbocycles. The predicted octanol–water partition coefficient (Wildman–Crippen LogP) is 12.7. The van der Waals surface area contributed by atoms with Crippen LogP contribution >= 0.6 is 0 Å². The van der Waals surface area contributed by atoms with Crippen molar-refractivity contribution in [1.82, 2.24) is 4.57 Å². The fourth-order valence-electron chi connectivity index (χ4n) is 9.10. The second-order valence-corrected chi connectivity index (χ2v) is 14.1. The van der Waals surface area contributed by atoms with Crippen LogP contribution in [0.4, 0.5) is 0 Å². The number of rotatable bonds is 2. The van der Waals surface area contributed by atoms with Crippen LogP contribution in [0.2, 0.25) is 0 Å². The highest BCUT2D eigenvalue weighted by atomic mass is 15.0. The molecule has 11 rings (SSSR count). The van der Waals surface area contributed by atoms with E-state index in [4.69, 9.17) is 0 Å². The standard InChI is InChI=1S/C47H31N/c1-47(2)41-25-20-28-10-3-4-11-32(28)46(41)40-26-39-35-14-7-8-17-43(35)48(44(39)27-42(40)47)30-21-18-29(19-22-30)31-23-24-38-34-13-6-5-12-33(34)37-16-9-15-36(31)45(37)38/h3-27H,1-2H3. The SMILES string of the molecule is CC1(C)c2cc3c(cc2-c2c1ccc1ccccc21)c1ccccc1n3-c1ccc(-c2ccc3c4c(cccc24)-c2ccccc2-3)cc1. The molecular formula is C47H31N. The van der Waals surface area contributed by atoms with E-state index in [-0.39, 0.29) is 5.41 Å². The highest BCUT2D eigenvalue weighted by Gasteiger charge is 2.37. The number of fused-ring (bicyclic) bond motifs is 11. The van der Waals surface area contributed by atoms with Crippen LogP contribution in [0.3, 0.4) is 0 Å². The molecule has 1 aromatic heterocycles. The highest BCUT2D eigenvalue weighted by Crippen LogP contribution is 2.53. The number of nitrogens with zero attached hydrogens (tertiary/aromatic N) is 1. The van der Waals surface area contributed by atoms with Crippen molar-refractivity contribution in [2.45, 2.75) is 19.3 Å². The van der Waals surface area contributed by atoms with Crippen LogP contribution in [-0.2, 0) is 5.41 Å². The van der Waals surface area contributed by atoms with Crippen LogP contribution in [0.25, 0.3) is 93.5 Å². The lowest BCUT2D eigenvalue weighted by Gasteiger charge is -2.22. The van der Waals surface area contributed by atoms with E-state index in [1.165, 1.54) is 105 Å². The zero-order valence-electron chi connectivity index (χ0n) is 26.9. The number of para-hydroxylation sites is 1. The van der Waals surface area contributed by atoms with Gasteiger partial charge in [-0.15, -0.1) is 0 Å². The molecule has 0 amide bonds. The Morgan fingerprint density at radius 2 is 1.08 bits per heavy atom. The smallest absolute Gasteiger partial charge is 0.0544 e. The van der Waals surface area contributed by atoms with Gasteiger partial charge in [-0.25, -0.2) is 0 Å². The summed E-state index contributed by atoms with van der Waals surface area (Å²) in [5, 5.41) is 7.92. The molecule has 1 heterocycles. The molecule has 0 unspecified atom stereocenters. The van der Waals surface area contributed by atoms with Gasteiger partial charge in [0.05, 0.1) is 11.0 Å². The molecule has 48 heavy (non-hydrogen) atoms. The van der Waals surface area contributed by atoms with E-state index in [0.29, 0.717) is 0 Å². The second kappa shape index (κ2) is 9.12. The molecule has 0 aliphatic heterocycles. The average molecular weight is 610 g/mol. The van der Waals surface area contributed by atoms with Gasteiger partial charge in [-0.3, -0.25) is 0 Å². The fraction of sp³-hybridized carbons (Fsp3) is 0.0638. The van der Waals surface area contributed by atoms with Crippen LogP contribution < -0.4 is 0 Å². The Morgan fingerprint density at radius 3 is 1.92 bits per heavy atom. The molecule has 224 valence electrons. The fourth-order valence-corrected chi connectivity index (χ4v) is 9.10. The Morgan fingerprint density at radius 1 is 0.417 bits per heavy atom. The Hall–Kier alpha value is -5.92. The minimum absolute atomic E-state index is 0.0938. The van der Waals surface area contributed by atoms with Crippen LogP contribution in [0.5, 0.6) is 0 Å². The zero-order chi connectivity index (χ0) is 31.7. The van der Waals surface area contributed by atoms with Gasteiger partial charge in [0.1, 0.15) is 0 Å². The maximum atomic E-state index is 2.48. The minimum Gasteiger partial charge on any atom is -0.309 e. The van der Waals surface area contributed by atoms with Gasteiger partial charge >= 0.3 is 0 Å². The molecule has 0 spiro atoms. The third-order valence-corrected chi connectivity index (χ3v) is 11.3. The van der Waals surface area contributed by atoms with Gasteiger partial charge in [0.25, 0.3) is 0 Å². The molecule has 9 aromatic rings. The van der Waals surface area contributed by atoms with E-state index in [0.717, 1.165) is 0 Å². The average Bonchev–Trinajstić information content (AvgIpc) is 3.72. The Balaban J connectivity index is 1.10. The van der Waals surface area contributed by atoms with E-state index in [1.54, 1.807) is 0 Å². The van der Waals surface area contributed by atoms with E-state index >= 15 is 0 Å². The molecule has 0 atom stereocenters. The van der Waals surface area contributed by atoms with Gasteiger partial charge in [-0.1, -0.05) is 135 Å². The lowest BCUT2D eigenvalue weighted by Crippen LogP contribution is -2.15. The predicted molar refractivity (Wildman–Crippen MR) is 203 cm³/mol. The summed E-state index contributed by atoms with van der Waals surface area (Å²) < 4.78 is 2.47. The van der Waals surface area contributed by atoms with Crippen molar-refractivity contribution < 1.29 is 0 Å². The van der Waals surface area contributed by atoms with Gasteiger partial charge in [0.2, 0.25) is 0 Å². The van der Waals surface area contributed by atoms with Gasteiger partial charge in [-0.05, 0) is 108 Å². The van der Waals surface area contributed by atoms with Gasteiger partial charge in [0, 0.05) is 21.9 Å². The monoisotopic (exact) mass is 609 g/mol. The summed E-state index contributed by atoms with van der Waals surface area (Å²) >= 11 is 0. The summed E-state index contributed by atoms with van der Waals surface area (Å²) in [6, 6.07) is 56.7. The summed E-state index contributed by atoms with van der Waals surface area (Å²) in [5.74, 6) is 0. The number of hydrogen-bond donors (Lipinski definition) is 0. The van der Waals surface area contributed by atoms with Crippen molar-refractivity contribution in [3.05, 3.63) is 163 Å². The van der Waals surface area contributed by atoms with Crippen LogP contribution in [0.15, 0.2) is 152 Å². The molecule has 0 N–H and O–H groups in total. The van der Waals surface area contributed by atoms with Crippen molar-refractivity contribution in [3.63, 3.8) is 0 Å². The largest absolute Gasteiger partial charge is 0.309 e.